The molecular formula is C13H21N3. The molecule has 0 aromatic carbocycles. The summed E-state index contributed by atoms with van der Waals surface area (Å²) in [5.74, 6) is 0.797. The Morgan fingerprint density at radius 2 is 1.50 bits per heavy atom. The van der Waals surface area contributed by atoms with Crippen LogP contribution < -0.4 is 0 Å². The molecule has 0 aromatic heterocycles. The van der Waals surface area contributed by atoms with Gasteiger partial charge in [0.05, 0.1) is 12.1 Å². The van der Waals surface area contributed by atoms with Crippen LogP contribution in [0.3, 0.4) is 0 Å². The first-order chi connectivity index (χ1) is 7.86. The maximum atomic E-state index is 8.60. The fraction of sp³-hybridized carbons (Fsp3) is 0.846. The Morgan fingerprint density at radius 1 is 0.938 bits per heavy atom. The van der Waals surface area contributed by atoms with Crippen LogP contribution in [-0.4, -0.2) is 24.5 Å². The van der Waals surface area contributed by atoms with Gasteiger partial charge in [-0.15, -0.1) is 0 Å². The average molecular weight is 219 g/mol. The highest BCUT2D eigenvalue weighted by Gasteiger charge is 2.16. The van der Waals surface area contributed by atoms with Crippen molar-refractivity contribution < 1.29 is 0 Å². The molecule has 1 rings (SSSR count). The molecule has 0 amide bonds. The van der Waals surface area contributed by atoms with E-state index in [1.54, 1.807) is 0 Å². The molecule has 0 N–H and O–H groups in total. The highest BCUT2D eigenvalue weighted by atomic mass is 15.1. The molecule has 0 radical (unpaired) electrons. The molecule has 3 heteroatoms. The number of hydrogen-bond donors (Lipinski definition) is 0. The molecule has 1 aliphatic carbocycles. The highest BCUT2D eigenvalue weighted by Crippen LogP contribution is 2.24. The molecule has 0 atom stereocenters. The van der Waals surface area contributed by atoms with E-state index in [2.05, 4.69) is 17.0 Å². The fourth-order valence-electron chi connectivity index (χ4n) is 2.45. The van der Waals surface area contributed by atoms with Crippen LogP contribution in [0.1, 0.15) is 44.9 Å². The Morgan fingerprint density at radius 3 is 2.00 bits per heavy atom. The predicted molar refractivity (Wildman–Crippen MR) is 63.5 cm³/mol. The third kappa shape index (κ3) is 5.14. The van der Waals surface area contributed by atoms with E-state index in [1.807, 2.05) is 0 Å². The lowest BCUT2D eigenvalue weighted by atomic mass is 9.89. The second kappa shape index (κ2) is 8.13. The fourth-order valence-corrected chi connectivity index (χ4v) is 2.45. The van der Waals surface area contributed by atoms with Crippen LogP contribution in [0, 0.1) is 28.6 Å². The van der Waals surface area contributed by atoms with Crippen molar-refractivity contribution in [3.63, 3.8) is 0 Å². The summed E-state index contributed by atoms with van der Waals surface area (Å²) in [7, 11) is 0. The molecule has 0 saturated heterocycles. The normalized spacial score (nSPS) is 16.9. The molecule has 0 bridgehead atoms. The molecule has 16 heavy (non-hydrogen) atoms. The van der Waals surface area contributed by atoms with Crippen LogP contribution >= 0.6 is 0 Å². The molecule has 0 unspecified atom stereocenters. The van der Waals surface area contributed by atoms with Crippen molar-refractivity contribution >= 4 is 0 Å². The van der Waals surface area contributed by atoms with Gasteiger partial charge in [-0.05, 0) is 18.8 Å². The van der Waals surface area contributed by atoms with Gasteiger partial charge in [0, 0.05) is 32.5 Å². The van der Waals surface area contributed by atoms with Crippen LogP contribution in [-0.2, 0) is 0 Å². The van der Waals surface area contributed by atoms with E-state index >= 15 is 0 Å². The Labute approximate surface area is 98.7 Å². The Kier molecular flexibility index (Phi) is 6.61. The Hall–Kier alpha value is -1.06. The van der Waals surface area contributed by atoms with E-state index in [1.165, 1.54) is 32.1 Å². The Bertz CT molecular complexity index is 237. The third-order valence-corrected chi connectivity index (χ3v) is 3.32. The van der Waals surface area contributed by atoms with Crippen LogP contribution in [0.5, 0.6) is 0 Å². The smallest absolute Gasteiger partial charge is 0.0635 e. The zero-order chi connectivity index (χ0) is 11.6. The number of hydrogen-bond acceptors (Lipinski definition) is 3. The maximum absolute atomic E-state index is 8.60. The lowest BCUT2D eigenvalue weighted by molar-refractivity contribution is 0.207. The van der Waals surface area contributed by atoms with Crippen LogP contribution in [0.2, 0.25) is 0 Å². The minimum absolute atomic E-state index is 0.581. The SMILES string of the molecule is N#CCCN(CCC#N)CC1CCCCC1. The third-order valence-electron chi connectivity index (χ3n) is 3.32. The largest absolute Gasteiger partial charge is 0.301 e. The number of rotatable bonds is 6. The molecule has 88 valence electrons. The number of nitriles is 2. The van der Waals surface area contributed by atoms with Crippen molar-refractivity contribution in [1.82, 2.24) is 4.90 Å². The van der Waals surface area contributed by atoms with E-state index in [4.69, 9.17) is 10.5 Å². The van der Waals surface area contributed by atoms with Gasteiger partial charge in [-0.25, -0.2) is 0 Å². The zero-order valence-electron chi connectivity index (χ0n) is 9.99. The van der Waals surface area contributed by atoms with Gasteiger partial charge in [0.1, 0.15) is 0 Å². The molecule has 0 aromatic rings. The van der Waals surface area contributed by atoms with Crippen molar-refractivity contribution in [3.05, 3.63) is 0 Å². The monoisotopic (exact) mass is 219 g/mol. The van der Waals surface area contributed by atoms with E-state index in [-0.39, 0.29) is 0 Å². The summed E-state index contributed by atoms with van der Waals surface area (Å²) in [6, 6.07) is 4.37. The molecule has 1 aliphatic rings. The van der Waals surface area contributed by atoms with Gasteiger partial charge in [0.25, 0.3) is 0 Å². The van der Waals surface area contributed by atoms with Gasteiger partial charge >= 0.3 is 0 Å². The van der Waals surface area contributed by atoms with E-state index in [9.17, 15) is 0 Å². The number of nitrogens with zero attached hydrogens (tertiary/aromatic N) is 3. The first kappa shape index (κ1) is 13.0. The van der Waals surface area contributed by atoms with E-state index < -0.39 is 0 Å². The van der Waals surface area contributed by atoms with Gasteiger partial charge in [0.15, 0.2) is 0 Å². The maximum Gasteiger partial charge on any atom is 0.0635 e. The summed E-state index contributed by atoms with van der Waals surface area (Å²) in [4.78, 5) is 2.29. The molecule has 0 aliphatic heterocycles. The topological polar surface area (TPSA) is 50.8 Å². The Balaban J connectivity index is 2.29. The minimum Gasteiger partial charge on any atom is -0.301 e. The second-order valence-corrected chi connectivity index (χ2v) is 4.62. The standard InChI is InChI=1S/C13H21N3/c14-8-4-10-16(11-5-9-15)12-13-6-2-1-3-7-13/h13H,1-7,10-12H2. The zero-order valence-corrected chi connectivity index (χ0v) is 9.99. The quantitative estimate of drug-likeness (QED) is 0.690. The first-order valence-corrected chi connectivity index (χ1v) is 6.33. The molecular weight excluding hydrogens is 198 g/mol. The molecule has 0 heterocycles. The van der Waals surface area contributed by atoms with Crippen molar-refractivity contribution in [2.75, 3.05) is 19.6 Å². The lowest BCUT2D eigenvalue weighted by Crippen LogP contribution is -2.32. The van der Waals surface area contributed by atoms with Crippen molar-refractivity contribution in [2.24, 2.45) is 5.92 Å². The summed E-state index contributed by atoms with van der Waals surface area (Å²) in [5.41, 5.74) is 0. The summed E-state index contributed by atoms with van der Waals surface area (Å²) >= 11 is 0. The van der Waals surface area contributed by atoms with E-state index in [0.29, 0.717) is 12.8 Å². The predicted octanol–water partition coefficient (Wildman–Crippen LogP) is 2.70. The van der Waals surface area contributed by atoms with Crippen LogP contribution in [0.15, 0.2) is 0 Å². The van der Waals surface area contributed by atoms with Crippen LogP contribution in [0.4, 0.5) is 0 Å². The summed E-state index contributed by atoms with van der Waals surface area (Å²) in [6.07, 6.45) is 7.92. The summed E-state index contributed by atoms with van der Waals surface area (Å²) < 4.78 is 0. The first-order valence-electron chi connectivity index (χ1n) is 6.33. The van der Waals surface area contributed by atoms with E-state index in [0.717, 1.165) is 25.6 Å². The van der Waals surface area contributed by atoms with Gasteiger partial charge < -0.3 is 4.90 Å². The van der Waals surface area contributed by atoms with Crippen molar-refractivity contribution in [3.8, 4) is 12.1 Å². The average Bonchev–Trinajstić information content (AvgIpc) is 2.34. The molecule has 1 fully saturated rings. The van der Waals surface area contributed by atoms with Gasteiger partial charge in [0.2, 0.25) is 0 Å². The van der Waals surface area contributed by atoms with Gasteiger partial charge in [-0.3, -0.25) is 0 Å². The summed E-state index contributed by atoms with van der Waals surface area (Å²) in [6.45, 7) is 2.74. The van der Waals surface area contributed by atoms with Crippen molar-refractivity contribution in [1.29, 1.82) is 10.5 Å². The lowest BCUT2D eigenvalue weighted by Gasteiger charge is -2.28. The minimum atomic E-state index is 0.581. The molecule has 1 saturated carbocycles. The molecule has 0 spiro atoms. The van der Waals surface area contributed by atoms with Gasteiger partial charge in [-0.2, -0.15) is 10.5 Å². The second-order valence-electron chi connectivity index (χ2n) is 4.62. The summed E-state index contributed by atoms with van der Waals surface area (Å²) in [5, 5.41) is 17.2. The molecule has 3 nitrogen and oxygen atoms in total. The van der Waals surface area contributed by atoms with Crippen LogP contribution in [0.25, 0.3) is 0 Å². The van der Waals surface area contributed by atoms with Gasteiger partial charge in [-0.1, -0.05) is 19.3 Å². The van der Waals surface area contributed by atoms with Crippen molar-refractivity contribution in [2.45, 2.75) is 44.9 Å². The highest BCUT2D eigenvalue weighted by molar-refractivity contribution is 4.78.